The minimum absolute atomic E-state index is 0. The van der Waals surface area contributed by atoms with E-state index in [-0.39, 0.29) is 22.9 Å². The van der Waals surface area contributed by atoms with Crippen molar-refractivity contribution in [3.63, 3.8) is 0 Å². The predicted octanol–water partition coefficient (Wildman–Crippen LogP) is 2.79. The second kappa shape index (κ2) is 5.51. The number of rotatable bonds is 1. The third-order valence-electron chi connectivity index (χ3n) is 2.10. The summed E-state index contributed by atoms with van der Waals surface area (Å²) in [7, 11) is 0. The van der Waals surface area contributed by atoms with Crippen molar-refractivity contribution in [2.45, 2.75) is 0 Å². The number of benzene rings is 1. The first kappa shape index (κ1) is 11.7. The Morgan fingerprint density at radius 3 is 2.47 bits per heavy atom. The topological polar surface area (TPSA) is 20.3 Å². The van der Waals surface area contributed by atoms with Crippen molar-refractivity contribution >= 4 is 22.9 Å². The number of amides is 1. The number of allylic oxidation sites excluding steroid dienone is 2. The number of hydrogen-bond donors (Lipinski definition) is 0. The monoisotopic (exact) mass is 265 g/mol. The van der Waals surface area contributed by atoms with Crippen molar-refractivity contribution in [1.82, 2.24) is 4.90 Å². The standard InChI is InChI=1S/C12H11NO.BrH/c14-12(11-7-3-1-4-8-11)13-9-5-2-6-10-13;/h1-9H,10H2;1H. The number of carbonyl (C=O) groups is 1. The first-order chi connectivity index (χ1) is 6.88. The first-order valence-corrected chi connectivity index (χ1v) is 4.57. The van der Waals surface area contributed by atoms with Gasteiger partial charge in [-0.15, -0.1) is 17.0 Å². The zero-order valence-corrected chi connectivity index (χ0v) is 9.88. The predicted molar refractivity (Wildman–Crippen MR) is 66.1 cm³/mol. The van der Waals surface area contributed by atoms with Gasteiger partial charge in [-0.2, -0.15) is 0 Å². The van der Waals surface area contributed by atoms with Gasteiger partial charge in [0.1, 0.15) is 0 Å². The summed E-state index contributed by atoms with van der Waals surface area (Å²) in [5.41, 5.74) is 0.729. The Labute approximate surface area is 99.7 Å². The highest BCUT2D eigenvalue weighted by Gasteiger charge is 2.11. The van der Waals surface area contributed by atoms with Crippen LogP contribution in [-0.4, -0.2) is 17.4 Å². The highest BCUT2D eigenvalue weighted by atomic mass is 79.9. The van der Waals surface area contributed by atoms with Crippen LogP contribution in [0.5, 0.6) is 0 Å². The lowest BCUT2D eigenvalue weighted by atomic mass is 10.2. The van der Waals surface area contributed by atoms with E-state index >= 15 is 0 Å². The fourth-order valence-electron chi connectivity index (χ4n) is 1.36. The Morgan fingerprint density at radius 2 is 1.87 bits per heavy atom. The number of hydrogen-bond acceptors (Lipinski definition) is 1. The molecule has 0 spiro atoms. The second-order valence-electron chi connectivity index (χ2n) is 3.09. The van der Waals surface area contributed by atoms with Gasteiger partial charge in [0.15, 0.2) is 0 Å². The molecule has 0 fully saturated rings. The SMILES string of the molecule is Br.O=C(c1ccccc1)N1C=CC=CC1. The summed E-state index contributed by atoms with van der Waals surface area (Å²) in [5, 5.41) is 0. The molecule has 78 valence electrons. The minimum atomic E-state index is 0. The van der Waals surface area contributed by atoms with Crippen molar-refractivity contribution < 1.29 is 4.79 Å². The molecule has 1 aromatic rings. The summed E-state index contributed by atoms with van der Waals surface area (Å²) in [6.07, 6.45) is 7.56. The molecule has 0 aromatic heterocycles. The van der Waals surface area contributed by atoms with Gasteiger partial charge in [0.25, 0.3) is 5.91 Å². The van der Waals surface area contributed by atoms with Crippen molar-refractivity contribution in [3.8, 4) is 0 Å². The smallest absolute Gasteiger partial charge is 0.258 e. The van der Waals surface area contributed by atoms with Gasteiger partial charge in [-0.25, -0.2) is 0 Å². The van der Waals surface area contributed by atoms with Crippen LogP contribution in [0.15, 0.2) is 54.8 Å². The van der Waals surface area contributed by atoms with Crippen LogP contribution in [0.25, 0.3) is 0 Å². The van der Waals surface area contributed by atoms with E-state index in [1.807, 2.05) is 48.6 Å². The van der Waals surface area contributed by atoms with Gasteiger partial charge in [0.05, 0.1) is 0 Å². The average molecular weight is 266 g/mol. The molecule has 0 atom stereocenters. The molecule has 0 N–H and O–H groups in total. The van der Waals surface area contributed by atoms with Crippen LogP contribution in [-0.2, 0) is 0 Å². The zero-order chi connectivity index (χ0) is 9.80. The molecule has 15 heavy (non-hydrogen) atoms. The summed E-state index contributed by atoms with van der Waals surface area (Å²) in [6, 6.07) is 9.30. The van der Waals surface area contributed by atoms with E-state index in [0.717, 1.165) is 5.56 Å². The molecular weight excluding hydrogens is 254 g/mol. The molecule has 2 rings (SSSR count). The van der Waals surface area contributed by atoms with Gasteiger partial charge in [-0.3, -0.25) is 4.79 Å². The maximum absolute atomic E-state index is 11.8. The van der Waals surface area contributed by atoms with E-state index < -0.39 is 0 Å². The lowest BCUT2D eigenvalue weighted by molar-refractivity contribution is 0.0834. The fraction of sp³-hybridized carbons (Fsp3) is 0.0833. The fourth-order valence-corrected chi connectivity index (χ4v) is 1.36. The molecule has 2 nitrogen and oxygen atoms in total. The van der Waals surface area contributed by atoms with Gasteiger partial charge < -0.3 is 4.90 Å². The summed E-state index contributed by atoms with van der Waals surface area (Å²) < 4.78 is 0. The average Bonchev–Trinajstić information content (AvgIpc) is 2.30. The van der Waals surface area contributed by atoms with Crippen molar-refractivity contribution in [1.29, 1.82) is 0 Å². The van der Waals surface area contributed by atoms with E-state index in [1.165, 1.54) is 0 Å². The van der Waals surface area contributed by atoms with Gasteiger partial charge in [-0.05, 0) is 18.2 Å². The number of halogens is 1. The lowest BCUT2D eigenvalue weighted by Gasteiger charge is -2.18. The summed E-state index contributed by atoms with van der Waals surface area (Å²) >= 11 is 0. The van der Waals surface area contributed by atoms with Crippen molar-refractivity contribution in [2.75, 3.05) is 6.54 Å². The maximum atomic E-state index is 11.8. The van der Waals surface area contributed by atoms with Crippen molar-refractivity contribution in [3.05, 3.63) is 60.3 Å². The van der Waals surface area contributed by atoms with Crippen LogP contribution >= 0.6 is 17.0 Å². The first-order valence-electron chi connectivity index (χ1n) is 4.57. The van der Waals surface area contributed by atoms with Gasteiger partial charge in [0, 0.05) is 18.3 Å². The third-order valence-corrected chi connectivity index (χ3v) is 2.10. The largest absolute Gasteiger partial charge is 0.311 e. The Morgan fingerprint density at radius 1 is 1.13 bits per heavy atom. The Bertz CT molecular complexity index is 384. The molecule has 1 amide bonds. The van der Waals surface area contributed by atoms with Crippen molar-refractivity contribution in [2.24, 2.45) is 0 Å². The number of nitrogens with zero attached hydrogens (tertiary/aromatic N) is 1. The normalized spacial score (nSPS) is 13.5. The molecular formula is C12H12BrNO. The lowest BCUT2D eigenvalue weighted by Crippen LogP contribution is -2.26. The van der Waals surface area contributed by atoms with E-state index in [0.29, 0.717) is 6.54 Å². The van der Waals surface area contributed by atoms with Crippen LogP contribution in [0.4, 0.5) is 0 Å². The number of carbonyl (C=O) groups excluding carboxylic acids is 1. The molecule has 0 saturated carbocycles. The highest BCUT2D eigenvalue weighted by Crippen LogP contribution is 2.07. The Hall–Kier alpha value is -1.35. The van der Waals surface area contributed by atoms with Crippen LogP contribution in [0.3, 0.4) is 0 Å². The van der Waals surface area contributed by atoms with Crippen LogP contribution in [0.2, 0.25) is 0 Å². The molecule has 1 aliphatic rings. The molecule has 1 aromatic carbocycles. The van der Waals surface area contributed by atoms with Crippen LogP contribution in [0.1, 0.15) is 10.4 Å². The molecule has 0 radical (unpaired) electrons. The van der Waals surface area contributed by atoms with Crippen LogP contribution in [0, 0.1) is 0 Å². The molecule has 0 aliphatic carbocycles. The molecule has 3 heteroatoms. The molecule has 0 unspecified atom stereocenters. The Kier molecular flexibility index (Phi) is 4.31. The van der Waals surface area contributed by atoms with Crippen LogP contribution < -0.4 is 0 Å². The summed E-state index contributed by atoms with van der Waals surface area (Å²) in [4.78, 5) is 13.5. The molecule has 1 aliphatic heterocycles. The third kappa shape index (κ3) is 2.80. The minimum Gasteiger partial charge on any atom is -0.311 e. The molecule has 1 heterocycles. The quantitative estimate of drug-likeness (QED) is 0.765. The Balaban J connectivity index is 0.00000112. The highest BCUT2D eigenvalue weighted by molar-refractivity contribution is 8.93. The van der Waals surface area contributed by atoms with Gasteiger partial charge in [-0.1, -0.05) is 30.4 Å². The maximum Gasteiger partial charge on any atom is 0.258 e. The van der Waals surface area contributed by atoms with E-state index in [9.17, 15) is 4.79 Å². The van der Waals surface area contributed by atoms with Gasteiger partial charge >= 0.3 is 0 Å². The van der Waals surface area contributed by atoms with E-state index in [2.05, 4.69) is 0 Å². The van der Waals surface area contributed by atoms with E-state index in [4.69, 9.17) is 0 Å². The summed E-state index contributed by atoms with van der Waals surface area (Å²) in [6.45, 7) is 0.657. The second-order valence-corrected chi connectivity index (χ2v) is 3.09. The molecule has 0 saturated heterocycles. The van der Waals surface area contributed by atoms with Gasteiger partial charge in [0.2, 0.25) is 0 Å². The van der Waals surface area contributed by atoms with E-state index in [1.54, 1.807) is 11.1 Å². The summed E-state index contributed by atoms with van der Waals surface area (Å²) in [5.74, 6) is 0.0474. The zero-order valence-electron chi connectivity index (χ0n) is 8.17. The molecule has 0 bridgehead atoms.